The Hall–Kier alpha value is -7.22. The van der Waals surface area contributed by atoms with Gasteiger partial charge in [0.15, 0.2) is 0 Å². The van der Waals surface area contributed by atoms with E-state index in [0.29, 0.717) is 0 Å². The Morgan fingerprint density at radius 2 is 1.00 bits per heavy atom. The predicted molar refractivity (Wildman–Crippen MR) is 254 cm³/mol. The summed E-state index contributed by atoms with van der Waals surface area (Å²) >= 11 is 0. The van der Waals surface area contributed by atoms with Crippen molar-refractivity contribution in [3.63, 3.8) is 0 Å². The Balaban J connectivity index is 1.08. The minimum Gasteiger partial charge on any atom is -0.310 e. The highest BCUT2D eigenvalue weighted by Crippen LogP contribution is 2.52. The number of para-hydroxylation sites is 1. The summed E-state index contributed by atoms with van der Waals surface area (Å²) in [5.41, 5.74) is 19.0. The second-order valence-electron chi connectivity index (χ2n) is 16.8. The summed E-state index contributed by atoms with van der Waals surface area (Å²) in [6.07, 6.45) is 4.39. The Morgan fingerprint density at radius 3 is 1.80 bits per heavy atom. The first-order chi connectivity index (χ1) is 29.5. The summed E-state index contributed by atoms with van der Waals surface area (Å²) in [4.78, 5) is 2.47. The van der Waals surface area contributed by atoms with Crippen LogP contribution in [0, 0.1) is 0 Å². The number of hydrogen-bond acceptors (Lipinski definition) is 1. The zero-order valence-corrected chi connectivity index (χ0v) is 34.1. The molecule has 1 heteroatoms. The van der Waals surface area contributed by atoms with E-state index in [0.717, 1.165) is 24.2 Å². The molecule has 60 heavy (non-hydrogen) atoms. The third-order valence-corrected chi connectivity index (χ3v) is 13.0. The van der Waals surface area contributed by atoms with Crippen molar-refractivity contribution in [1.82, 2.24) is 0 Å². The largest absolute Gasteiger partial charge is 0.310 e. The van der Waals surface area contributed by atoms with Crippen LogP contribution < -0.4 is 15.3 Å². The molecule has 0 aliphatic heterocycles. The standard InChI is InChI=1S/C59H45N/c1-59(2)54-26-10-8-22-53(54)58-50(24-14-27-55(58)59)43-33-37-48(38-34-43)60(47-35-31-41(32-36-47)46-30-29-40-15-6-7-18-45(40)39-46)56-28-11-9-21-51(56)52-25-13-20-44-19-12-23-49(57(44)52)42-16-4-3-5-17-42/h3-12,14-24,26-39H,13,25H2,1-2H3. The molecule has 11 rings (SSSR count). The zero-order valence-electron chi connectivity index (χ0n) is 34.1. The van der Waals surface area contributed by atoms with Gasteiger partial charge in [0.05, 0.1) is 5.69 Å². The summed E-state index contributed by atoms with van der Waals surface area (Å²) in [7, 11) is 0. The quantitative estimate of drug-likeness (QED) is 0.156. The molecule has 0 saturated carbocycles. The first-order valence-corrected chi connectivity index (χ1v) is 21.2. The molecule has 0 saturated heterocycles. The molecule has 0 radical (unpaired) electrons. The maximum Gasteiger partial charge on any atom is 0.0536 e. The lowest BCUT2D eigenvalue weighted by atomic mass is 9.82. The number of fused-ring (bicyclic) bond motifs is 5. The van der Waals surface area contributed by atoms with Crippen molar-refractivity contribution >= 4 is 39.5 Å². The molecule has 0 atom stereocenters. The van der Waals surface area contributed by atoms with Gasteiger partial charge in [-0.25, -0.2) is 0 Å². The highest BCUT2D eigenvalue weighted by atomic mass is 15.1. The molecule has 2 aliphatic rings. The monoisotopic (exact) mass is 767 g/mol. The summed E-state index contributed by atoms with van der Waals surface area (Å²) in [6.45, 7) is 4.71. The summed E-state index contributed by atoms with van der Waals surface area (Å²) in [5, 5.41) is 5.16. The predicted octanol–water partition coefficient (Wildman–Crippen LogP) is 14.4. The molecule has 0 amide bonds. The van der Waals surface area contributed by atoms with Crippen molar-refractivity contribution in [1.29, 1.82) is 0 Å². The van der Waals surface area contributed by atoms with Gasteiger partial charge in [-0.05, 0) is 132 Å². The van der Waals surface area contributed by atoms with Crippen molar-refractivity contribution in [3.8, 4) is 44.5 Å². The summed E-state index contributed by atoms with van der Waals surface area (Å²) in [5.74, 6) is 0. The lowest BCUT2D eigenvalue weighted by molar-refractivity contribution is 0.660. The van der Waals surface area contributed by atoms with Crippen LogP contribution in [0.1, 0.15) is 43.4 Å². The van der Waals surface area contributed by atoms with Crippen molar-refractivity contribution in [2.24, 2.45) is 0 Å². The van der Waals surface area contributed by atoms with Crippen LogP contribution in [0.15, 0.2) is 206 Å². The molecule has 0 unspecified atom stereocenters. The van der Waals surface area contributed by atoms with E-state index in [1.807, 2.05) is 0 Å². The van der Waals surface area contributed by atoms with Crippen LogP contribution >= 0.6 is 0 Å². The average molecular weight is 768 g/mol. The fraction of sp³-hybridized carbons (Fsp3) is 0.0847. The van der Waals surface area contributed by atoms with E-state index in [4.69, 9.17) is 0 Å². The van der Waals surface area contributed by atoms with E-state index < -0.39 is 0 Å². The lowest BCUT2D eigenvalue weighted by Crippen LogP contribution is -2.32. The maximum absolute atomic E-state index is 2.47. The van der Waals surface area contributed by atoms with Gasteiger partial charge in [-0.15, -0.1) is 0 Å². The molecule has 0 heterocycles. The number of rotatable bonds is 7. The Labute approximate surface area is 352 Å². The molecule has 0 spiro atoms. The zero-order chi connectivity index (χ0) is 40.2. The van der Waals surface area contributed by atoms with Crippen LogP contribution in [-0.2, 0) is 5.41 Å². The summed E-state index contributed by atoms with van der Waals surface area (Å²) < 4.78 is 0. The topological polar surface area (TPSA) is 3.24 Å². The minimum absolute atomic E-state index is 0.0467. The third kappa shape index (κ3) is 6.00. The fourth-order valence-electron chi connectivity index (χ4n) is 10.0. The van der Waals surface area contributed by atoms with E-state index in [1.54, 1.807) is 0 Å². The highest BCUT2D eigenvalue weighted by molar-refractivity contribution is 5.94. The lowest BCUT2D eigenvalue weighted by Gasteiger charge is -2.29. The van der Waals surface area contributed by atoms with Crippen LogP contribution in [0.2, 0.25) is 0 Å². The molecular weight excluding hydrogens is 723 g/mol. The minimum atomic E-state index is -0.0467. The van der Waals surface area contributed by atoms with Crippen molar-refractivity contribution in [3.05, 3.63) is 233 Å². The molecular formula is C59H45N. The molecule has 9 aromatic rings. The summed E-state index contributed by atoms with van der Waals surface area (Å²) in [6, 6.07) is 76.2. The highest BCUT2D eigenvalue weighted by Gasteiger charge is 2.36. The van der Waals surface area contributed by atoms with Gasteiger partial charge in [-0.3, -0.25) is 0 Å². The second kappa shape index (κ2) is 14.6. The first kappa shape index (κ1) is 35.9. The van der Waals surface area contributed by atoms with E-state index in [1.165, 1.54) is 93.7 Å². The van der Waals surface area contributed by atoms with Crippen LogP contribution in [0.5, 0.6) is 0 Å². The smallest absolute Gasteiger partial charge is 0.0536 e. The van der Waals surface area contributed by atoms with Crippen LogP contribution in [0.4, 0.5) is 17.1 Å². The Morgan fingerprint density at radius 1 is 0.417 bits per heavy atom. The molecule has 1 nitrogen and oxygen atoms in total. The molecule has 0 aromatic heterocycles. The van der Waals surface area contributed by atoms with E-state index in [9.17, 15) is 0 Å². The van der Waals surface area contributed by atoms with Crippen LogP contribution in [0.3, 0.4) is 0 Å². The molecule has 0 fully saturated rings. The van der Waals surface area contributed by atoms with Gasteiger partial charge in [0, 0.05) is 22.4 Å². The second-order valence-corrected chi connectivity index (χ2v) is 16.8. The van der Waals surface area contributed by atoms with Gasteiger partial charge < -0.3 is 4.90 Å². The van der Waals surface area contributed by atoms with Gasteiger partial charge in [-0.2, -0.15) is 0 Å². The maximum atomic E-state index is 2.47. The molecule has 2 aliphatic carbocycles. The SMILES string of the molecule is CC1(C)c2ccccc2-c2c(-c3ccc(N(c4ccc(-c5ccc6ccccc6c5)cc4)c4ccccc4C4=c5c(-c6ccccc6)cccc5=CCC4)cc3)cccc21. The van der Waals surface area contributed by atoms with Gasteiger partial charge in [-0.1, -0.05) is 190 Å². The number of benzene rings is 9. The molecule has 0 bridgehead atoms. The Bertz CT molecular complexity index is 3210. The molecule has 286 valence electrons. The van der Waals surface area contributed by atoms with Gasteiger partial charge in [0.25, 0.3) is 0 Å². The third-order valence-electron chi connectivity index (χ3n) is 13.0. The number of nitrogens with zero attached hydrogens (tertiary/aromatic N) is 1. The van der Waals surface area contributed by atoms with E-state index >= 15 is 0 Å². The van der Waals surface area contributed by atoms with E-state index in [2.05, 4.69) is 231 Å². The van der Waals surface area contributed by atoms with Crippen LogP contribution in [0.25, 0.3) is 66.9 Å². The Kier molecular flexibility index (Phi) is 8.71. The molecule has 0 N–H and O–H groups in total. The number of anilines is 3. The first-order valence-electron chi connectivity index (χ1n) is 21.2. The van der Waals surface area contributed by atoms with Crippen molar-refractivity contribution < 1.29 is 0 Å². The van der Waals surface area contributed by atoms with E-state index in [-0.39, 0.29) is 5.41 Å². The van der Waals surface area contributed by atoms with Crippen LogP contribution in [-0.4, -0.2) is 0 Å². The molecule has 9 aromatic carbocycles. The van der Waals surface area contributed by atoms with Crippen molar-refractivity contribution in [2.45, 2.75) is 32.1 Å². The normalized spacial score (nSPS) is 13.6. The van der Waals surface area contributed by atoms with Gasteiger partial charge in [0.2, 0.25) is 0 Å². The van der Waals surface area contributed by atoms with Gasteiger partial charge in [0.1, 0.15) is 0 Å². The van der Waals surface area contributed by atoms with Crippen molar-refractivity contribution in [2.75, 3.05) is 4.90 Å². The average Bonchev–Trinajstić information content (AvgIpc) is 3.55. The number of hydrogen-bond donors (Lipinski definition) is 0. The van der Waals surface area contributed by atoms with Gasteiger partial charge >= 0.3 is 0 Å². The fourth-order valence-corrected chi connectivity index (χ4v) is 10.0.